The van der Waals surface area contributed by atoms with Crippen LogP contribution in [0.15, 0.2) is 47.6 Å². The summed E-state index contributed by atoms with van der Waals surface area (Å²) in [5.41, 5.74) is 1.93. The van der Waals surface area contributed by atoms with Gasteiger partial charge in [0, 0.05) is 37.0 Å². The van der Waals surface area contributed by atoms with Crippen LogP contribution in [0.25, 0.3) is 0 Å². The van der Waals surface area contributed by atoms with Crippen LogP contribution in [0.1, 0.15) is 18.1 Å². The van der Waals surface area contributed by atoms with Crippen molar-refractivity contribution in [1.82, 2.24) is 15.6 Å². The maximum Gasteiger partial charge on any atom is 0.218 e. The quantitative estimate of drug-likeness (QED) is 0.400. The first kappa shape index (κ1) is 20.0. The summed E-state index contributed by atoms with van der Waals surface area (Å²) in [6.07, 6.45) is 1.70. The highest BCUT2D eigenvalue weighted by Crippen LogP contribution is 2.16. The van der Waals surface area contributed by atoms with Gasteiger partial charge in [0.1, 0.15) is 6.61 Å². The Kier molecular flexibility index (Phi) is 8.72. The molecule has 26 heavy (non-hydrogen) atoms. The predicted molar refractivity (Wildman–Crippen MR) is 105 cm³/mol. The van der Waals surface area contributed by atoms with E-state index in [1.807, 2.05) is 43.3 Å². The second-order valence-electron chi connectivity index (χ2n) is 5.45. The van der Waals surface area contributed by atoms with E-state index in [9.17, 15) is 0 Å². The zero-order valence-corrected chi connectivity index (χ0v) is 15.9. The van der Waals surface area contributed by atoms with Gasteiger partial charge in [-0.1, -0.05) is 35.9 Å². The van der Waals surface area contributed by atoms with Crippen LogP contribution in [0.4, 0.5) is 0 Å². The highest BCUT2D eigenvalue weighted by Gasteiger charge is 2.06. The molecule has 1 aromatic heterocycles. The summed E-state index contributed by atoms with van der Waals surface area (Å²) < 4.78 is 10.7. The van der Waals surface area contributed by atoms with Crippen molar-refractivity contribution in [2.24, 2.45) is 4.99 Å². The monoisotopic (exact) mass is 376 g/mol. The lowest BCUT2D eigenvalue weighted by Crippen LogP contribution is -2.36. The van der Waals surface area contributed by atoms with E-state index in [-0.39, 0.29) is 0 Å². The van der Waals surface area contributed by atoms with Gasteiger partial charge < -0.3 is 20.1 Å². The molecule has 0 aliphatic heterocycles. The van der Waals surface area contributed by atoms with Crippen molar-refractivity contribution in [1.29, 1.82) is 0 Å². The Morgan fingerprint density at radius 2 is 1.92 bits per heavy atom. The summed E-state index contributed by atoms with van der Waals surface area (Å²) in [6, 6.07) is 11.6. The van der Waals surface area contributed by atoms with Gasteiger partial charge in [-0.15, -0.1) is 0 Å². The molecule has 0 aliphatic rings. The van der Waals surface area contributed by atoms with Crippen LogP contribution < -0.4 is 15.4 Å². The van der Waals surface area contributed by atoms with E-state index in [0.29, 0.717) is 38.1 Å². The molecule has 0 saturated heterocycles. The molecule has 0 bridgehead atoms. The first-order valence-corrected chi connectivity index (χ1v) is 8.93. The standard InChI is InChI=1S/C19H25ClN4O2/c1-3-21-19(23-13-15-7-4-5-9-17(15)20)24-14-16-8-6-10-22-18(16)26-12-11-25-2/h4-10H,3,11-14H2,1-2H3,(H2,21,23,24). The molecule has 0 radical (unpaired) electrons. The van der Waals surface area contributed by atoms with Crippen LogP contribution in [0, 0.1) is 0 Å². The average Bonchev–Trinajstić information content (AvgIpc) is 2.66. The predicted octanol–water partition coefficient (Wildman–Crippen LogP) is 3.02. The van der Waals surface area contributed by atoms with E-state index >= 15 is 0 Å². The maximum atomic E-state index is 6.20. The lowest BCUT2D eigenvalue weighted by molar-refractivity contribution is 0.143. The van der Waals surface area contributed by atoms with Gasteiger partial charge in [0.05, 0.1) is 13.2 Å². The number of aliphatic imine (C=N–C) groups is 1. The molecule has 2 rings (SSSR count). The Morgan fingerprint density at radius 3 is 2.69 bits per heavy atom. The SMILES string of the molecule is CCNC(=NCc1cccnc1OCCOC)NCc1ccccc1Cl. The van der Waals surface area contributed by atoms with E-state index in [4.69, 9.17) is 21.1 Å². The normalized spacial score (nSPS) is 11.3. The summed E-state index contributed by atoms with van der Waals surface area (Å²) in [4.78, 5) is 8.89. The number of hydrogen-bond acceptors (Lipinski definition) is 4. The van der Waals surface area contributed by atoms with Crippen LogP contribution in [0.5, 0.6) is 5.88 Å². The zero-order chi connectivity index (χ0) is 18.6. The molecular formula is C19H25ClN4O2. The molecule has 0 saturated carbocycles. The van der Waals surface area contributed by atoms with Crippen molar-refractivity contribution in [2.75, 3.05) is 26.9 Å². The minimum atomic E-state index is 0.452. The number of aromatic nitrogens is 1. The van der Waals surface area contributed by atoms with Crippen molar-refractivity contribution < 1.29 is 9.47 Å². The van der Waals surface area contributed by atoms with Gasteiger partial charge in [-0.3, -0.25) is 0 Å². The van der Waals surface area contributed by atoms with Crippen molar-refractivity contribution in [3.8, 4) is 5.88 Å². The average molecular weight is 377 g/mol. The minimum absolute atomic E-state index is 0.452. The van der Waals surface area contributed by atoms with Gasteiger partial charge >= 0.3 is 0 Å². The fourth-order valence-corrected chi connectivity index (χ4v) is 2.43. The summed E-state index contributed by atoms with van der Waals surface area (Å²) in [5.74, 6) is 1.29. The molecule has 140 valence electrons. The van der Waals surface area contributed by atoms with Crippen molar-refractivity contribution in [3.05, 3.63) is 58.7 Å². The molecule has 2 N–H and O–H groups in total. The minimum Gasteiger partial charge on any atom is -0.475 e. The largest absolute Gasteiger partial charge is 0.475 e. The number of rotatable bonds is 9. The Labute approximate surface area is 159 Å². The van der Waals surface area contributed by atoms with Gasteiger partial charge in [-0.2, -0.15) is 0 Å². The number of hydrogen-bond donors (Lipinski definition) is 2. The van der Waals surface area contributed by atoms with Gasteiger partial charge in [0.2, 0.25) is 5.88 Å². The number of guanidine groups is 1. The lowest BCUT2D eigenvalue weighted by atomic mass is 10.2. The first-order chi connectivity index (χ1) is 12.7. The molecule has 6 nitrogen and oxygen atoms in total. The molecule has 0 aliphatic carbocycles. The number of nitrogens with one attached hydrogen (secondary N) is 2. The van der Waals surface area contributed by atoms with E-state index < -0.39 is 0 Å². The first-order valence-electron chi connectivity index (χ1n) is 8.55. The van der Waals surface area contributed by atoms with Gasteiger partial charge in [-0.25, -0.2) is 9.98 Å². The molecule has 2 aromatic rings. The van der Waals surface area contributed by atoms with Gasteiger partial charge in [-0.05, 0) is 24.6 Å². The van der Waals surface area contributed by atoms with E-state index in [1.165, 1.54) is 0 Å². The molecular weight excluding hydrogens is 352 g/mol. The fraction of sp³-hybridized carbons (Fsp3) is 0.368. The summed E-state index contributed by atoms with van der Waals surface area (Å²) in [6.45, 7) is 4.80. The Hall–Kier alpha value is -2.31. The van der Waals surface area contributed by atoms with Crippen LogP contribution in [-0.4, -0.2) is 37.8 Å². The van der Waals surface area contributed by atoms with Crippen LogP contribution in [0.2, 0.25) is 5.02 Å². The third-order valence-electron chi connectivity index (χ3n) is 3.53. The van der Waals surface area contributed by atoms with Crippen molar-refractivity contribution >= 4 is 17.6 Å². The summed E-state index contributed by atoms with van der Waals surface area (Å²) >= 11 is 6.20. The fourth-order valence-electron chi connectivity index (χ4n) is 2.22. The molecule has 0 spiro atoms. The van der Waals surface area contributed by atoms with Crippen LogP contribution >= 0.6 is 11.6 Å². The highest BCUT2D eigenvalue weighted by molar-refractivity contribution is 6.31. The van der Waals surface area contributed by atoms with Crippen LogP contribution in [-0.2, 0) is 17.8 Å². The number of halogens is 1. The molecule has 0 amide bonds. The van der Waals surface area contributed by atoms with Crippen LogP contribution in [0.3, 0.4) is 0 Å². The van der Waals surface area contributed by atoms with E-state index in [1.54, 1.807) is 13.3 Å². The number of nitrogens with zero attached hydrogens (tertiary/aromatic N) is 2. The number of pyridine rings is 1. The van der Waals surface area contributed by atoms with Gasteiger partial charge in [0.15, 0.2) is 5.96 Å². The topological polar surface area (TPSA) is 67.8 Å². The van der Waals surface area contributed by atoms with Crippen molar-refractivity contribution in [2.45, 2.75) is 20.0 Å². The van der Waals surface area contributed by atoms with E-state index in [0.717, 1.165) is 22.7 Å². The number of benzene rings is 1. The zero-order valence-electron chi connectivity index (χ0n) is 15.2. The van der Waals surface area contributed by atoms with E-state index in [2.05, 4.69) is 20.6 Å². The highest BCUT2D eigenvalue weighted by atomic mass is 35.5. The Bertz CT molecular complexity index is 709. The Morgan fingerprint density at radius 1 is 1.12 bits per heavy atom. The third-order valence-corrected chi connectivity index (χ3v) is 3.90. The Balaban J connectivity index is 2.01. The molecule has 1 heterocycles. The second kappa shape index (κ2) is 11.3. The molecule has 0 atom stereocenters. The molecule has 0 unspecified atom stereocenters. The molecule has 7 heteroatoms. The third kappa shape index (κ3) is 6.54. The summed E-state index contributed by atoms with van der Waals surface area (Å²) in [7, 11) is 1.64. The molecule has 1 aromatic carbocycles. The summed E-state index contributed by atoms with van der Waals surface area (Å²) in [5, 5.41) is 7.26. The smallest absolute Gasteiger partial charge is 0.218 e. The molecule has 0 fully saturated rings. The lowest BCUT2D eigenvalue weighted by Gasteiger charge is -2.13. The van der Waals surface area contributed by atoms with Crippen molar-refractivity contribution in [3.63, 3.8) is 0 Å². The van der Waals surface area contributed by atoms with Gasteiger partial charge in [0.25, 0.3) is 0 Å². The maximum absolute atomic E-state index is 6.20. The number of methoxy groups -OCH3 is 1. The number of ether oxygens (including phenoxy) is 2. The second-order valence-corrected chi connectivity index (χ2v) is 5.86.